The van der Waals surface area contributed by atoms with Gasteiger partial charge in [-0.1, -0.05) is 24.3 Å². The summed E-state index contributed by atoms with van der Waals surface area (Å²) < 4.78 is 2.52. The van der Waals surface area contributed by atoms with E-state index < -0.39 is 0 Å². The molecule has 0 aliphatic heterocycles. The van der Waals surface area contributed by atoms with E-state index in [-0.39, 0.29) is 0 Å². The quantitative estimate of drug-likeness (QED) is 0.274. The summed E-state index contributed by atoms with van der Waals surface area (Å²) in [6, 6.07) is 16.0. The molecule has 0 atom stereocenters. The molecule has 28 heavy (non-hydrogen) atoms. The fourth-order valence-electron chi connectivity index (χ4n) is 2.98. The van der Waals surface area contributed by atoms with E-state index in [0.717, 1.165) is 26.4 Å². The molecule has 0 aliphatic rings. The van der Waals surface area contributed by atoms with E-state index in [0.29, 0.717) is 5.75 Å². The molecule has 0 unspecified atom stereocenters. The molecule has 0 saturated carbocycles. The molecular formula is C24H24INOS. The minimum absolute atomic E-state index is 0.326. The van der Waals surface area contributed by atoms with Crippen LogP contribution in [0.25, 0.3) is 20.8 Å². The van der Waals surface area contributed by atoms with Crippen molar-refractivity contribution in [3.8, 4) is 16.3 Å². The molecule has 4 aromatic rings. The number of hydrogen-bond acceptors (Lipinski definition) is 3. The van der Waals surface area contributed by atoms with E-state index in [2.05, 4.69) is 61.3 Å². The van der Waals surface area contributed by atoms with E-state index in [4.69, 9.17) is 0 Å². The van der Waals surface area contributed by atoms with Crippen LogP contribution in [-0.2, 0) is 0 Å². The van der Waals surface area contributed by atoms with Crippen LogP contribution < -0.4 is 0 Å². The lowest BCUT2D eigenvalue weighted by Crippen LogP contribution is -1.93. The van der Waals surface area contributed by atoms with Crippen molar-refractivity contribution in [3.05, 3.63) is 79.9 Å². The summed E-state index contributed by atoms with van der Waals surface area (Å²) in [6.07, 6.45) is 0. The molecule has 1 N–H and O–H groups in total. The lowest BCUT2D eigenvalue weighted by molar-refractivity contribution is 0.473. The van der Waals surface area contributed by atoms with Crippen molar-refractivity contribution in [1.82, 2.24) is 4.98 Å². The second-order valence-electron chi connectivity index (χ2n) is 7.01. The fourth-order valence-corrected chi connectivity index (χ4v) is 4.85. The third-order valence-corrected chi connectivity index (χ3v) is 7.37. The molecule has 2 nitrogen and oxygen atoms in total. The van der Waals surface area contributed by atoms with Crippen LogP contribution in [0.1, 0.15) is 27.8 Å². The van der Waals surface area contributed by atoms with Gasteiger partial charge in [0.1, 0.15) is 10.8 Å². The van der Waals surface area contributed by atoms with Crippen LogP contribution in [0, 0.1) is 38.2 Å². The highest BCUT2D eigenvalue weighted by molar-refractivity contribution is 14.1. The third kappa shape index (κ3) is 4.23. The number of rotatable bonds is 1. The van der Waals surface area contributed by atoms with E-state index in [1.807, 2.05) is 49.4 Å². The highest BCUT2D eigenvalue weighted by atomic mass is 127. The number of aromatic hydroxyl groups is 1. The molecule has 0 spiro atoms. The maximum atomic E-state index is 10.0. The van der Waals surface area contributed by atoms with Crippen molar-refractivity contribution in [3.63, 3.8) is 0 Å². The molecule has 0 amide bonds. The third-order valence-electron chi connectivity index (χ3n) is 5.18. The monoisotopic (exact) mass is 501 g/mol. The van der Waals surface area contributed by atoms with Crippen LogP contribution >= 0.6 is 33.9 Å². The molecule has 0 saturated heterocycles. The number of fused-ring (bicyclic) bond motifs is 1. The van der Waals surface area contributed by atoms with Gasteiger partial charge in [0.05, 0.1) is 15.8 Å². The Morgan fingerprint density at radius 1 is 0.821 bits per heavy atom. The molecule has 144 valence electrons. The lowest BCUT2D eigenvalue weighted by atomic mass is 10.0. The zero-order valence-electron chi connectivity index (χ0n) is 16.8. The second kappa shape index (κ2) is 8.62. The summed E-state index contributed by atoms with van der Waals surface area (Å²) in [4.78, 5) is 4.54. The summed E-state index contributed by atoms with van der Waals surface area (Å²) in [7, 11) is 0. The average molecular weight is 501 g/mol. The summed E-state index contributed by atoms with van der Waals surface area (Å²) >= 11 is 3.99. The number of nitrogens with zero attached hydrogens (tertiary/aromatic N) is 1. The molecule has 0 radical (unpaired) electrons. The summed E-state index contributed by atoms with van der Waals surface area (Å²) in [5.41, 5.74) is 8.37. The van der Waals surface area contributed by atoms with Crippen LogP contribution in [0.5, 0.6) is 5.75 Å². The largest absolute Gasteiger partial charge is 0.507 e. The van der Waals surface area contributed by atoms with Crippen molar-refractivity contribution in [2.75, 3.05) is 0 Å². The van der Waals surface area contributed by atoms with Gasteiger partial charge in [0, 0.05) is 3.57 Å². The number of hydrogen-bond donors (Lipinski definition) is 1. The van der Waals surface area contributed by atoms with Gasteiger partial charge in [0.15, 0.2) is 0 Å². The van der Waals surface area contributed by atoms with E-state index in [1.54, 1.807) is 11.3 Å². The van der Waals surface area contributed by atoms with Crippen molar-refractivity contribution >= 4 is 44.1 Å². The predicted octanol–water partition coefficient (Wildman–Crippen LogP) is 7.50. The van der Waals surface area contributed by atoms with Crippen LogP contribution in [-0.4, -0.2) is 10.1 Å². The number of aryl methyl sites for hydroxylation is 2. The number of para-hydroxylation sites is 2. The van der Waals surface area contributed by atoms with Gasteiger partial charge in [0.2, 0.25) is 0 Å². The Kier molecular flexibility index (Phi) is 6.40. The van der Waals surface area contributed by atoms with E-state index >= 15 is 0 Å². The summed E-state index contributed by atoms with van der Waals surface area (Å²) in [5.74, 6) is 0.326. The molecule has 0 fully saturated rings. The molecule has 4 rings (SSSR count). The predicted molar refractivity (Wildman–Crippen MR) is 130 cm³/mol. The second-order valence-corrected chi connectivity index (χ2v) is 9.20. The molecule has 0 bridgehead atoms. The minimum Gasteiger partial charge on any atom is -0.507 e. The maximum absolute atomic E-state index is 10.0. The van der Waals surface area contributed by atoms with Gasteiger partial charge in [0.25, 0.3) is 0 Å². The Bertz CT molecular complexity index is 1090. The van der Waals surface area contributed by atoms with Crippen molar-refractivity contribution < 1.29 is 5.11 Å². The zero-order chi connectivity index (χ0) is 20.4. The first-order valence-corrected chi connectivity index (χ1v) is 11.1. The molecule has 4 heteroatoms. The molecule has 1 heterocycles. The first-order valence-electron chi connectivity index (χ1n) is 9.17. The average Bonchev–Trinajstić information content (AvgIpc) is 3.11. The van der Waals surface area contributed by atoms with Crippen molar-refractivity contribution in [2.24, 2.45) is 0 Å². The topological polar surface area (TPSA) is 33.1 Å². The Morgan fingerprint density at radius 3 is 2.25 bits per heavy atom. The van der Waals surface area contributed by atoms with Crippen molar-refractivity contribution in [1.29, 1.82) is 0 Å². The van der Waals surface area contributed by atoms with E-state index in [9.17, 15) is 5.11 Å². The van der Waals surface area contributed by atoms with Gasteiger partial charge < -0.3 is 5.11 Å². The van der Waals surface area contributed by atoms with E-state index in [1.165, 1.54) is 25.8 Å². The number of phenolic OH excluding ortho intramolecular Hbond substituents is 1. The smallest absolute Gasteiger partial charge is 0.128 e. The first-order chi connectivity index (χ1) is 13.3. The Morgan fingerprint density at radius 2 is 1.54 bits per heavy atom. The van der Waals surface area contributed by atoms with Gasteiger partial charge in [-0.3, -0.25) is 0 Å². The fraction of sp³-hybridized carbons (Fsp3) is 0.208. The number of thiazole rings is 1. The molecular weight excluding hydrogens is 477 g/mol. The van der Waals surface area contributed by atoms with Gasteiger partial charge in [-0.25, -0.2) is 4.98 Å². The van der Waals surface area contributed by atoms with Crippen LogP contribution in [0.3, 0.4) is 0 Å². The lowest BCUT2D eigenvalue weighted by Gasteiger charge is -2.09. The Hall–Kier alpha value is -1.92. The van der Waals surface area contributed by atoms with Gasteiger partial charge in [-0.2, -0.15) is 0 Å². The first kappa shape index (κ1) is 20.8. The number of aromatic nitrogens is 1. The van der Waals surface area contributed by atoms with Gasteiger partial charge in [-0.05, 0) is 109 Å². The van der Waals surface area contributed by atoms with Crippen molar-refractivity contribution in [2.45, 2.75) is 34.6 Å². The Balaban J connectivity index is 0.000000178. The van der Waals surface area contributed by atoms with Gasteiger partial charge >= 0.3 is 0 Å². The van der Waals surface area contributed by atoms with Crippen LogP contribution in [0.2, 0.25) is 0 Å². The minimum atomic E-state index is 0.326. The molecule has 3 aromatic carbocycles. The molecule has 0 aliphatic carbocycles. The summed E-state index contributed by atoms with van der Waals surface area (Å²) in [6.45, 7) is 10.6. The number of phenols is 1. The SMILES string of the molecule is Cc1cc(I)c(C)c(C)c1C.Cc1cccc(-c2nc3ccccc3s2)c1O. The Labute approximate surface area is 184 Å². The van der Waals surface area contributed by atoms with Crippen LogP contribution in [0.4, 0.5) is 0 Å². The summed E-state index contributed by atoms with van der Waals surface area (Å²) in [5, 5.41) is 10.9. The number of halogens is 1. The highest BCUT2D eigenvalue weighted by Crippen LogP contribution is 2.36. The molecule has 1 aromatic heterocycles. The normalized spacial score (nSPS) is 10.6. The zero-order valence-corrected chi connectivity index (χ0v) is 19.8. The highest BCUT2D eigenvalue weighted by Gasteiger charge is 2.11. The maximum Gasteiger partial charge on any atom is 0.128 e. The standard InChI is InChI=1S/C14H11NOS.C10H13I/c1-9-5-4-6-10(13(9)16)14-15-11-7-2-3-8-12(11)17-14;1-6-5-10(11)9(4)8(3)7(6)2/h2-8,16H,1H3;5H,1-4H3. The van der Waals surface area contributed by atoms with Crippen LogP contribution in [0.15, 0.2) is 48.5 Å². The van der Waals surface area contributed by atoms with Gasteiger partial charge in [-0.15, -0.1) is 11.3 Å². The number of benzene rings is 3.